The number of thioether (sulfide) groups is 1. The van der Waals surface area contributed by atoms with Crippen LogP contribution in [-0.4, -0.2) is 31.8 Å². The van der Waals surface area contributed by atoms with Crippen LogP contribution < -0.4 is 10.3 Å². The summed E-state index contributed by atoms with van der Waals surface area (Å²) in [4.78, 5) is 23.0. The van der Waals surface area contributed by atoms with Crippen LogP contribution in [0.4, 0.5) is 0 Å². The number of H-pyrrole nitrogens is 1. The van der Waals surface area contributed by atoms with Gasteiger partial charge in [0.25, 0.3) is 5.56 Å². The Morgan fingerprint density at radius 1 is 1.39 bits per heavy atom. The number of thiophene rings is 1. The van der Waals surface area contributed by atoms with Crippen molar-refractivity contribution in [1.82, 2.24) is 24.7 Å². The highest BCUT2D eigenvalue weighted by atomic mass is 32.2. The van der Waals surface area contributed by atoms with E-state index in [0.29, 0.717) is 11.7 Å². The van der Waals surface area contributed by atoms with Gasteiger partial charge in [0.1, 0.15) is 22.7 Å². The number of fused-ring (bicyclic) bond motifs is 3. The van der Waals surface area contributed by atoms with Gasteiger partial charge in [-0.1, -0.05) is 24.8 Å². The first-order valence-electron chi connectivity index (χ1n) is 10.3. The first kappa shape index (κ1) is 20.3. The second-order valence-corrected chi connectivity index (χ2v) is 10.3. The summed E-state index contributed by atoms with van der Waals surface area (Å²) >= 11 is 3.19. The summed E-state index contributed by atoms with van der Waals surface area (Å²) in [5.74, 6) is 2.09. The number of ether oxygens (including phenoxy) is 1. The maximum atomic E-state index is 12.9. The van der Waals surface area contributed by atoms with Crippen molar-refractivity contribution < 1.29 is 4.74 Å². The van der Waals surface area contributed by atoms with E-state index in [1.54, 1.807) is 24.8 Å². The number of aryl methyl sites for hydroxylation is 1. The van der Waals surface area contributed by atoms with Crippen LogP contribution >= 0.6 is 23.1 Å². The molecule has 0 saturated heterocycles. The molecule has 1 aliphatic rings. The van der Waals surface area contributed by atoms with E-state index in [1.807, 2.05) is 35.8 Å². The van der Waals surface area contributed by atoms with Crippen molar-refractivity contribution in [3.63, 3.8) is 0 Å². The third kappa shape index (κ3) is 3.76. The summed E-state index contributed by atoms with van der Waals surface area (Å²) in [6, 6.07) is 7.73. The van der Waals surface area contributed by atoms with Crippen LogP contribution in [0, 0.1) is 5.92 Å². The molecule has 7 nitrogen and oxygen atoms in total. The van der Waals surface area contributed by atoms with Gasteiger partial charge in [0.2, 0.25) is 0 Å². The molecule has 5 rings (SSSR count). The van der Waals surface area contributed by atoms with E-state index in [2.05, 4.69) is 22.1 Å². The van der Waals surface area contributed by atoms with Crippen molar-refractivity contribution in [2.24, 2.45) is 5.92 Å². The summed E-state index contributed by atoms with van der Waals surface area (Å²) in [7, 11) is 1.64. The van der Waals surface area contributed by atoms with E-state index in [9.17, 15) is 4.79 Å². The molecule has 0 bridgehead atoms. The quantitative estimate of drug-likeness (QED) is 0.446. The normalized spacial score (nSPS) is 16.9. The third-order valence-corrected chi connectivity index (χ3v) is 7.91. The Kier molecular flexibility index (Phi) is 5.31. The molecular weight excluding hydrogens is 430 g/mol. The van der Waals surface area contributed by atoms with Gasteiger partial charge in [0.15, 0.2) is 5.16 Å². The largest absolute Gasteiger partial charge is 0.497 e. The van der Waals surface area contributed by atoms with Crippen LogP contribution in [0.1, 0.15) is 41.8 Å². The highest BCUT2D eigenvalue weighted by Crippen LogP contribution is 2.38. The molecule has 0 radical (unpaired) electrons. The number of rotatable bonds is 5. The van der Waals surface area contributed by atoms with Crippen molar-refractivity contribution in [3.05, 3.63) is 57.2 Å². The lowest BCUT2D eigenvalue weighted by molar-refractivity contribution is 0.414. The van der Waals surface area contributed by atoms with E-state index < -0.39 is 0 Å². The van der Waals surface area contributed by atoms with Crippen LogP contribution in [0.25, 0.3) is 15.9 Å². The highest BCUT2D eigenvalue weighted by Gasteiger charge is 2.24. The molecule has 0 fully saturated rings. The SMILES string of the molecule is COc1cccc(-n2cnnc2S[C@@H](C)c2nc3sc4c(c3c(=O)[nH]2)CC[C@@H](C)C4)c1. The zero-order valence-corrected chi connectivity index (χ0v) is 19.2. The standard InChI is InChI=1S/C22H23N5O2S2/c1-12-7-8-16-17(9-12)31-21-18(16)20(28)24-19(25-21)13(2)30-22-26-23-11-27(22)14-5-4-6-15(10-14)29-3/h4-6,10-13H,7-9H2,1-3H3,(H,24,25,28)/t12-,13+/m1/s1. The Hall–Kier alpha value is -2.65. The highest BCUT2D eigenvalue weighted by molar-refractivity contribution is 7.99. The second kappa shape index (κ2) is 8.12. The molecule has 31 heavy (non-hydrogen) atoms. The Morgan fingerprint density at radius 3 is 3.10 bits per heavy atom. The number of nitrogens with one attached hydrogen (secondary N) is 1. The van der Waals surface area contributed by atoms with Crippen LogP contribution in [0.2, 0.25) is 0 Å². The fourth-order valence-electron chi connectivity index (χ4n) is 4.01. The number of hydrogen-bond donors (Lipinski definition) is 1. The van der Waals surface area contributed by atoms with Crippen LogP contribution in [0.3, 0.4) is 0 Å². The van der Waals surface area contributed by atoms with E-state index >= 15 is 0 Å². The number of benzene rings is 1. The minimum atomic E-state index is -0.0938. The zero-order valence-electron chi connectivity index (χ0n) is 17.6. The molecule has 0 aliphatic heterocycles. The molecule has 0 saturated carbocycles. The van der Waals surface area contributed by atoms with Crippen molar-refractivity contribution in [1.29, 1.82) is 0 Å². The van der Waals surface area contributed by atoms with Gasteiger partial charge in [-0.2, -0.15) is 0 Å². The summed E-state index contributed by atoms with van der Waals surface area (Å²) in [5, 5.41) is 9.77. The van der Waals surface area contributed by atoms with Gasteiger partial charge in [-0.25, -0.2) is 4.98 Å². The molecule has 3 heterocycles. The molecular formula is C22H23N5O2S2. The number of methoxy groups -OCH3 is 1. The molecule has 9 heteroatoms. The lowest BCUT2D eigenvalue weighted by atomic mass is 9.89. The molecule has 0 amide bonds. The molecule has 0 spiro atoms. The number of hydrogen-bond acceptors (Lipinski definition) is 7. The summed E-state index contributed by atoms with van der Waals surface area (Å²) < 4.78 is 7.24. The van der Waals surface area contributed by atoms with E-state index in [0.717, 1.165) is 46.1 Å². The Bertz CT molecular complexity index is 1310. The number of aromatic amines is 1. The maximum absolute atomic E-state index is 12.9. The Morgan fingerprint density at radius 2 is 2.26 bits per heavy atom. The lowest BCUT2D eigenvalue weighted by Gasteiger charge is -2.17. The van der Waals surface area contributed by atoms with E-state index in [1.165, 1.54) is 22.2 Å². The summed E-state index contributed by atoms with van der Waals surface area (Å²) in [6.45, 7) is 4.29. The summed E-state index contributed by atoms with van der Waals surface area (Å²) in [5.41, 5.74) is 2.08. The van der Waals surface area contributed by atoms with Gasteiger partial charge in [-0.15, -0.1) is 21.5 Å². The molecule has 160 valence electrons. The molecule has 1 aliphatic carbocycles. The second-order valence-electron chi connectivity index (χ2n) is 7.93. The third-order valence-electron chi connectivity index (χ3n) is 5.70. The zero-order chi connectivity index (χ0) is 21.5. The number of aromatic nitrogens is 5. The van der Waals surface area contributed by atoms with Gasteiger partial charge in [0.05, 0.1) is 23.4 Å². The van der Waals surface area contributed by atoms with Gasteiger partial charge in [0, 0.05) is 10.9 Å². The van der Waals surface area contributed by atoms with Crippen LogP contribution in [0.15, 0.2) is 40.5 Å². The first-order valence-corrected chi connectivity index (χ1v) is 12.0. The predicted octanol–water partition coefficient (Wildman–Crippen LogP) is 4.55. The maximum Gasteiger partial charge on any atom is 0.259 e. The van der Waals surface area contributed by atoms with Gasteiger partial charge < -0.3 is 9.72 Å². The van der Waals surface area contributed by atoms with Crippen molar-refractivity contribution in [2.45, 2.75) is 43.5 Å². The van der Waals surface area contributed by atoms with E-state index in [-0.39, 0.29) is 10.8 Å². The molecule has 1 aromatic carbocycles. The average Bonchev–Trinajstić information content (AvgIpc) is 3.37. The van der Waals surface area contributed by atoms with Crippen molar-refractivity contribution in [3.8, 4) is 11.4 Å². The smallest absolute Gasteiger partial charge is 0.259 e. The fourth-order valence-corrected chi connectivity index (χ4v) is 6.30. The van der Waals surface area contributed by atoms with Gasteiger partial charge in [-0.3, -0.25) is 9.36 Å². The molecule has 0 unspecified atom stereocenters. The first-order chi connectivity index (χ1) is 15.0. The molecule has 2 atom stereocenters. The lowest BCUT2D eigenvalue weighted by Crippen LogP contribution is -2.15. The van der Waals surface area contributed by atoms with Gasteiger partial charge in [-0.05, 0) is 49.8 Å². The fraction of sp³-hybridized carbons (Fsp3) is 0.364. The average molecular weight is 454 g/mol. The Labute approximate surface area is 187 Å². The van der Waals surface area contributed by atoms with Crippen molar-refractivity contribution >= 4 is 33.3 Å². The van der Waals surface area contributed by atoms with Crippen molar-refractivity contribution in [2.75, 3.05) is 7.11 Å². The predicted molar refractivity (Wildman–Crippen MR) is 124 cm³/mol. The van der Waals surface area contributed by atoms with Crippen LogP contribution in [0.5, 0.6) is 5.75 Å². The van der Waals surface area contributed by atoms with E-state index in [4.69, 9.17) is 9.72 Å². The minimum Gasteiger partial charge on any atom is -0.497 e. The Balaban J connectivity index is 1.46. The van der Waals surface area contributed by atoms with Crippen LogP contribution in [-0.2, 0) is 12.8 Å². The number of nitrogens with zero attached hydrogens (tertiary/aromatic N) is 4. The molecule has 4 aromatic rings. The minimum absolute atomic E-state index is 0.0336. The van der Waals surface area contributed by atoms with Gasteiger partial charge >= 0.3 is 0 Å². The topological polar surface area (TPSA) is 85.7 Å². The molecule has 3 aromatic heterocycles. The monoisotopic (exact) mass is 453 g/mol. The summed E-state index contributed by atoms with van der Waals surface area (Å²) in [6.07, 6.45) is 4.82. The molecule has 1 N–H and O–H groups in total.